The maximum Gasteiger partial charge on any atom is 0.250 e. The molecule has 0 aliphatic heterocycles. The van der Waals surface area contributed by atoms with E-state index >= 15 is 0 Å². The summed E-state index contributed by atoms with van der Waals surface area (Å²) < 4.78 is 17.5. The van der Waals surface area contributed by atoms with Crippen molar-refractivity contribution in [3.63, 3.8) is 0 Å². The first-order chi connectivity index (χ1) is 15.1. The van der Waals surface area contributed by atoms with Gasteiger partial charge in [0.05, 0.1) is 38.5 Å². The Kier molecular flexibility index (Phi) is 7.82. The van der Waals surface area contributed by atoms with Crippen LogP contribution in [0.4, 0.5) is 0 Å². The van der Waals surface area contributed by atoms with Crippen molar-refractivity contribution in [3.05, 3.63) is 48.0 Å². The van der Waals surface area contributed by atoms with Gasteiger partial charge < -0.3 is 14.2 Å². The first kappa shape index (κ1) is 22.1. The molecule has 3 aromatic rings. The van der Waals surface area contributed by atoms with Gasteiger partial charge >= 0.3 is 0 Å². The predicted octanol–water partition coefficient (Wildman–Crippen LogP) is 2.32. The quantitative estimate of drug-likeness (QED) is 0.289. The van der Waals surface area contributed by atoms with Crippen molar-refractivity contribution < 1.29 is 19.0 Å². The van der Waals surface area contributed by atoms with E-state index in [-0.39, 0.29) is 11.7 Å². The van der Waals surface area contributed by atoms with Crippen molar-refractivity contribution in [1.82, 2.24) is 25.6 Å². The fourth-order valence-electron chi connectivity index (χ4n) is 2.53. The fourth-order valence-corrected chi connectivity index (χ4v) is 3.22. The molecular formula is C20H22N6O4S. The zero-order valence-corrected chi connectivity index (χ0v) is 18.1. The van der Waals surface area contributed by atoms with Crippen molar-refractivity contribution in [3.8, 4) is 22.9 Å². The van der Waals surface area contributed by atoms with Gasteiger partial charge in [-0.2, -0.15) is 9.78 Å². The summed E-state index contributed by atoms with van der Waals surface area (Å²) >= 11 is 1.20. The summed E-state index contributed by atoms with van der Waals surface area (Å²) in [6, 6.07) is 12.7. The summed E-state index contributed by atoms with van der Waals surface area (Å²) in [7, 11) is 3.16. The van der Waals surface area contributed by atoms with Crippen LogP contribution >= 0.6 is 11.8 Å². The van der Waals surface area contributed by atoms with Crippen molar-refractivity contribution >= 4 is 23.9 Å². The number of methoxy groups -OCH3 is 2. The summed E-state index contributed by atoms with van der Waals surface area (Å²) in [5.74, 6) is 1.78. The molecule has 162 valence electrons. The predicted molar refractivity (Wildman–Crippen MR) is 116 cm³/mol. The van der Waals surface area contributed by atoms with Gasteiger partial charge in [-0.15, -0.1) is 5.10 Å². The second-order valence-corrected chi connectivity index (χ2v) is 6.94. The standard InChI is InChI=1S/C20H22N6O4S/c1-4-30-17-10-5-14(11-18(17)29-3)12-21-22-19(27)13-31-20-23-24-25-26(20)15-6-8-16(28-2)9-7-15/h5-12H,4,13H2,1-3H3,(H,22,27)/b21-12-. The molecule has 1 aromatic heterocycles. The first-order valence-corrected chi connectivity index (χ1v) is 10.3. The number of tetrazole rings is 1. The Morgan fingerprint density at radius 3 is 2.68 bits per heavy atom. The highest BCUT2D eigenvalue weighted by molar-refractivity contribution is 7.99. The molecule has 1 heterocycles. The Labute approximate surface area is 183 Å². The number of benzene rings is 2. The van der Waals surface area contributed by atoms with E-state index in [9.17, 15) is 4.79 Å². The number of hydrogen-bond acceptors (Lipinski definition) is 9. The molecule has 0 aliphatic carbocycles. The van der Waals surface area contributed by atoms with Crippen LogP contribution in [0, 0.1) is 0 Å². The van der Waals surface area contributed by atoms with Gasteiger partial charge in [0.25, 0.3) is 5.91 Å². The Hall–Kier alpha value is -3.60. The number of rotatable bonds is 10. The molecule has 0 saturated carbocycles. The number of nitrogens with one attached hydrogen (secondary N) is 1. The molecule has 31 heavy (non-hydrogen) atoms. The van der Waals surface area contributed by atoms with Crippen molar-refractivity contribution in [2.75, 3.05) is 26.6 Å². The second kappa shape index (κ2) is 11.0. The molecule has 0 unspecified atom stereocenters. The fraction of sp³-hybridized carbons (Fsp3) is 0.250. The average molecular weight is 443 g/mol. The number of nitrogens with zero attached hydrogens (tertiary/aromatic N) is 5. The SMILES string of the molecule is CCOc1ccc(/C=N\NC(=O)CSc2nnnn2-c2ccc(OC)cc2)cc1OC. The third-order valence-corrected chi connectivity index (χ3v) is 4.90. The molecule has 0 radical (unpaired) electrons. The van der Waals surface area contributed by atoms with Gasteiger partial charge in [0.15, 0.2) is 11.5 Å². The lowest BCUT2D eigenvalue weighted by molar-refractivity contribution is -0.118. The van der Waals surface area contributed by atoms with E-state index < -0.39 is 0 Å². The monoisotopic (exact) mass is 442 g/mol. The summed E-state index contributed by atoms with van der Waals surface area (Å²) in [5, 5.41) is 16.1. The van der Waals surface area contributed by atoms with E-state index in [0.29, 0.717) is 23.3 Å². The summed E-state index contributed by atoms with van der Waals surface area (Å²) in [4.78, 5) is 12.1. The number of carbonyl (C=O) groups is 1. The number of hydrogen-bond donors (Lipinski definition) is 1. The van der Waals surface area contributed by atoms with E-state index in [1.807, 2.05) is 37.3 Å². The molecule has 0 fully saturated rings. The molecule has 0 spiro atoms. The van der Waals surface area contributed by atoms with Crippen molar-refractivity contribution in [1.29, 1.82) is 0 Å². The number of ether oxygens (including phenoxy) is 3. The number of amides is 1. The van der Waals surface area contributed by atoms with E-state index in [0.717, 1.165) is 17.0 Å². The first-order valence-electron chi connectivity index (χ1n) is 9.33. The van der Waals surface area contributed by atoms with Gasteiger partial charge in [0.2, 0.25) is 5.16 Å². The molecule has 0 saturated heterocycles. The van der Waals surface area contributed by atoms with Crippen LogP contribution in [0.2, 0.25) is 0 Å². The molecule has 1 N–H and O–H groups in total. The molecule has 2 aromatic carbocycles. The minimum atomic E-state index is -0.288. The van der Waals surface area contributed by atoms with Crippen molar-refractivity contribution in [2.24, 2.45) is 5.10 Å². The average Bonchev–Trinajstić information content (AvgIpc) is 3.27. The Balaban J connectivity index is 1.55. The molecule has 3 rings (SSSR count). The third-order valence-electron chi connectivity index (χ3n) is 3.98. The molecule has 11 heteroatoms. The van der Waals surface area contributed by atoms with E-state index in [1.54, 1.807) is 31.0 Å². The van der Waals surface area contributed by atoms with Crippen LogP contribution in [0.15, 0.2) is 52.7 Å². The topological polar surface area (TPSA) is 113 Å². The number of aromatic nitrogens is 4. The number of carbonyl (C=O) groups excluding carboxylic acids is 1. The summed E-state index contributed by atoms with van der Waals surface area (Å²) in [6.07, 6.45) is 1.53. The molecule has 0 atom stereocenters. The maximum atomic E-state index is 12.1. The second-order valence-electron chi connectivity index (χ2n) is 6.00. The van der Waals surface area contributed by atoms with Crippen LogP contribution in [0.5, 0.6) is 17.2 Å². The van der Waals surface area contributed by atoms with Crippen LogP contribution in [0.25, 0.3) is 5.69 Å². The van der Waals surface area contributed by atoms with Crippen LogP contribution < -0.4 is 19.6 Å². The minimum absolute atomic E-state index is 0.0977. The lowest BCUT2D eigenvalue weighted by Crippen LogP contribution is -2.20. The van der Waals surface area contributed by atoms with E-state index in [4.69, 9.17) is 14.2 Å². The van der Waals surface area contributed by atoms with Gasteiger partial charge in [-0.05, 0) is 65.4 Å². The van der Waals surface area contributed by atoms with Crippen LogP contribution in [0.1, 0.15) is 12.5 Å². The zero-order chi connectivity index (χ0) is 22.1. The molecule has 10 nitrogen and oxygen atoms in total. The third kappa shape index (κ3) is 5.95. The smallest absolute Gasteiger partial charge is 0.250 e. The van der Waals surface area contributed by atoms with Gasteiger partial charge in [-0.25, -0.2) is 5.43 Å². The molecular weight excluding hydrogens is 420 g/mol. The molecule has 1 amide bonds. The van der Waals surface area contributed by atoms with E-state index in [1.165, 1.54) is 18.0 Å². The number of thioether (sulfide) groups is 1. The van der Waals surface area contributed by atoms with Crippen molar-refractivity contribution in [2.45, 2.75) is 12.1 Å². The van der Waals surface area contributed by atoms with Gasteiger partial charge in [-0.1, -0.05) is 11.8 Å². The lowest BCUT2D eigenvalue weighted by atomic mass is 10.2. The zero-order valence-electron chi connectivity index (χ0n) is 17.3. The number of hydrazone groups is 1. The highest BCUT2D eigenvalue weighted by Crippen LogP contribution is 2.27. The maximum absolute atomic E-state index is 12.1. The van der Waals surface area contributed by atoms with Crippen LogP contribution in [0.3, 0.4) is 0 Å². The highest BCUT2D eigenvalue weighted by Gasteiger charge is 2.11. The molecule has 0 bridgehead atoms. The van der Waals surface area contributed by atoms with E-state index in [2.05, 4.69) is 26.1 Å². The highest BCUT2D eigenvalue weighted by atomic mass is 32.2. The lowest BCUT2D eigenvalue weighted by Gasteiger charge is -2.09. The Morgan fingerprint density at radius 1 is 1.16 bits per heavy atom. The van der Waals surface area contributed by atoms with Gasteiger partial charge in [0.1, 0.15) is 5.75 Å². The minimum Gasteiger partial charge on any atom is -0.497 e. The Morgan fingerprint density at radius 2 is 1.97 bits per heavy atom. The van der Waals surface area contributed by atoms with Crippen LogP contribution in [-0.4, -0.2) is 58.9 Å². The Bertz CT molecular complexity index is 1040. The largest absolute Gasteiger partial charge is 0.497 e. The summed E-state index contributed by atoms with van der Waals surface area (Å²) in [6.45, 7) is 2.44. The normalized spacial score (nSPS) is 10.8. The summed E-state index contributed by atoms with van der Waals surface area (Å²) in [5.41, 5.74) is 4.01. The molecule has 0 aliphatic rings. The van der Waals surface area contributed by atoms with Gasteiger partial charge in [-0.3, -0.25) is 4.79 Å². The van der Waals surface area contributed by atoms with Crippen LogP contribution in [-0.2, 0) is 4.79 Å². The van der Waals surface area contributed by atoms with Gasteiger partial charge in [0, 0.05) is 0 Å².